The van der Waals surface area contributed by atoms with Gasteiger partial charge in [0.15, 0.2) is 5.82 Å². The molecule has 0 radical (unpaired) electrons. The molecule has 4 rings (SSSR count). The fourth-order valence-corrected chi connectivity index (χ4v) is 3.43. The van der Waals surface area contributed by atoms with Crippen LogP contribution in [0.3, 0.4) is 0 Å². The third-order valence-electron chi connectivity index (χ3n) is 4.46. The first-order valence-electron chi connectivity index (χ1n) is 7.99. The Morgan fingerprint density at radius 3 is 2.83 bits per heavy atom. The van der Waals surface area contributed by atoms with Crippen molar-refractivity contribution in [1.82, 2.24) is 24.7 Å². The van der Waals surface area contributed by atoms with Crippen LogP contribution >= 0.6 is 0 Å². The number of anilines is 1. The summed E-state index contributed by atoms with van der Waals surface area (Å²) in [6, 6.07) is 0. The summed E-state index contributed by atoms with van der Waals surface area (Å²) < 4.78 is 26.9. The highest BCUT2D eigenvalue weighted by Gasteiger charge is 2.43. The van der Waals surface area contributed by atoms with E-state index in [1.165, 1.54) is 12.4 Å². The summed E-state index contributed by atoms with van der Waals surface area (Å²) in [6.45, 7) is 3.90. The Hall–Kier alpha value is -2.13. The average Bonchev–Trinajstić information content (AvgIpc) is 3.17. The molecule has 2 atom stereocenters. The van der Waals surface area contributed by atoms with Crippen molar-refractivity contribution in [2.45, 2.75) is 18.6 Å². The molecule has 1 spiro atoms. The molecule has 4 heterocycles. The molecule has 2 aliphatic heterocycles. The van der Waals surface area contributed by atoms with Gasteiger partial charge in [-0.25, -0.2) is 14.4 Å². The minimum atomic E-state index is -0.439. The van der Waals surface area contributed by atoms with Crippen LogP contribution in [0, 0.1) is 11.7 Å². The van der Waals surface area contributed by atoms with E-state index in [9.17, 15) is 4.39 Å². The van der Waals surface area contributed by atoms with Gasteiger partial charge in [-0.2, -0.15) is 0 Å². The van der Waals surface area contributed by atoms with E-state index >= 15 is 0 Å². The summed E-state index contributed by atoms with van der Waals surface area (Å²) in [5.41, 5.74) is -0.382. The van der Waals surface area contributed by atoms with Crippen LogP contribution < -0.4 is 4.90 Å². The molecule has 2 saturated heterocycles. The van der Waals surface area contributed by atoms with Gasteiger partial charge in [-0.05, 0) is 6.42 Å². The quantitative estimate of drug-likeness (QED) is 0.810. The zero-order chi connectivity index (χ0) is 16.4. The van der Waals surface area contributed by atoms with E-state index in [0.29, 0.717) is 44.8 Å². The number of nitrogens with zero attached hydrogens (tertiary/aromatic N) is 6. The highest BCUT2D eigenvalue weighted by atomic mass is 19.1. The van der Waals surface area contributed by atoms with E-state index in [1.807, 2.05) is 9.47 Å². The molecule has 2 aromatic rings. The topological polar surface area (TPSA) is 78.2 Å². The molecule has 0 bridgehead atoms. The van der Waals surface area contributed by atoms with E-state index in [2.05, 4.69) is 20.2 Å². The highest BCUT2D eigenvalue weighted by molar-refractivity contribution is 5.30. The molecule has 2 aliphatic rings. The maximum Gasteiger partial charge on any atom is 0.225 e. The Balaban J connectivity index is 1.47. The second-order valence-electron chi connectivity index (χ2n) is 6.40. The molecule has 0 amide bonds. The minimum Gasteiger partial charge on any atom is -0.377 e. The highest BCUT2D eigenvalue weighted by Crippen LogP contribution is 2.34. The standard InChI is InChI=1S/C15H19FN6O2/c16-13-4-17-14(18-5-13)22-1-2-23-9-15(8-22)3-12(7-24-15)6-21-10-19-20-11-21/h4-5,10-12H,1-3,6-9H2/t12-,15+/m0/s1. The van der Waals surface area contributed by atoms with Crippen LogP contribution in [0.5, 0.6) is 0 Å². The number of rotatable bonds is 3. The second kappa shape index (κ2) is 6.40. The van der Waals surface area contributed by atoms with Crippen molar-refractivity contribution in [2.24, 2.45) is 5.92 Å². The zero-order valence-electron chi connectivity index (χ0n) is 13.2. The number of ether oxygens (including phenoxy) is 2. The summed E-state index contributed by atoms with van der Waals surface area (Å²) in [4.78, 5) is 10.2. The molecule has 0 aromatic carbocycles. The molecule has 0 saturated carbocycles. The SMILES string of the molecule is Fc1cnc(N2CCOC[C@@]3(C[C@@H](Cn4cnnc4)CO3)C2)nc1. The van der Waals surface area contributed by atoms with Crippen LogP contribution in [-0.4, -0.2) is 63.2 Å². The number of halogens is 1. The third kappa shape index (κ3) is 3.22. The van der Waals surface area contributed by atoms with Crippen molar-refractivity contribution in [1.29, 1.82) is 0 Å². The predicted octanol–water partition coefficient (Wildman–Crippen LogP) is 0.519. The van der Waals surface area contributed by atoms with Gasteiger partial charge in [0, 0.05) is 19.0 Å². The fourth-order valence-electron chi connectivity index (χ4n) is 3.43. The largest absolute Gasteiger partial charge is 0.377 e. The maximum atomic E-state index is 13.1. The zero-order valence-corrected chi connectivity index (χ0v) is 13.2. The number of hydrogen-bond donors (Lipinski definition) is 0. The van der Waals surface area contributed by atoms with Crippen molar-refractivity contribution >= 4 is 5.95 Å². The molecule has 0 aliphatic carbocycles. The van der Waals surface area contributed by atoms with Crippen LogP contribution in [0.1, 0.15) is 6.42 Å². The molecule has 0 unspecified atom stereocenters. The summed E-state index contributed by atoms with van der Waals surface area (Å²) in [7, 11) is 0. The Bertz CT molecular complexity index is 667. The van der Waals surface area contributed by atoms with Gasteiger partial charge >= 0.3 is 0 Å². The molecule has 9 heteroatoms. The molecule has 0 N–H and O–H groups in total. The lowest BCUT2D eigenvalue weighted by atomic mass is 9.94. The van der Waals surface area contributed by atoms with Gasteiger partial charge in [0.25, 0.3) is 0 Å². The molecular weight excluding hydrogens is 315 g/mol. The van der Waals surface area contributed by atoms with Crippen LogP contribution in [0.25, 0.3) is 0 Å². The summed E-state index contributed by atoms with van der Waals surface area (Å²) in [6.07, 6.45) is 6.68. The maximum absolute atomic E-state index is 13.1. The van der Waals surface area contributed by atoms with Crippen molar-refractivity contribution in [3.05, 3.63) is 30.9 Å². The lowest BCUT2D eigenvalue weighted by molar-refractivity contribution is -0.0458. The molecule has 2 aromatic heterocycles. The van der Waals surface area contributed by atoms with Crippen LogP contribution in [0.2, 0.25) is 0 Å². The fraction of sp³-hybridized carbons (Fsp3) is 0.600. The van der Waals surface area contributed by atoms with Crippen LogP contribution in [0.4, 0.5) is 10.3 Å². The Labute approximate surface area is 138 Å². The van der Waals surface area contributed by atoms with Gasteiger partial charge in [0.1, 0.15) is 18.3 Å². The van der Waals surface area contributed by atoms with Gasteiger partial charge in [-0.3, -0.25) is 0 Å². The van der Waals surface area contributed by atoms with Crippen LogP contribution in [0.15, 0.2) is 25.0 Å². The number of hydrogen-bond acceptors (Lipinski definition) is 7. The Morgan fingerprint density at radius 1 is 1.25 bits per heavy atom. The van der Waals surface area contributed by atoms with Gasteiger partial charge in [-0.1, -0.05) is 0 Å². The Kier molecular flexibility index (Phi) is 4.11. The van der Waals surface area contributed by atoms with E-state index in [1.54, 1.807) is 12.7 Å². The van der Waals surface area contributed by atoms with Crippen molar-refractivity contribution < 1.29 is 13.9 Å². The number of aromatic nitrogens is 5. The average molecular weight is 334 g/mol. The second-order valence-corrected chi connectivity index (χ2v) is 6.40. The first-order chi connectivity index (χ1) is 11.7. The molecule has 8 nitrogen and oxygen atoms in total. The molecular formula is C15H19FN6O2. The molecule has 24 heavy (non-hydrogen) atoms. The van der Waals surface area contributed by atoms with E-state index in [4.69, 9.17) is 9.47 Å². The van der Waals surface area contributed by atoms with Gasteiger partial charge < -0.3 is 18.9 Å². The van der Waals surface area contributed by atoms with Gasteiger partial charge in [0.2, 0.25) is 5.95 Å². The lowest BCUT2D eigenvalue weighted by Gasteiger charge is -2.31. The molecule has 2 fully saturated rings. The van der Waals surface area contributed by atoms with E-state index in [-0.39, 0.29) is 5.60 Å². The van der Waals surface area contributed by atoms with E-state index in [0.717, 1.165) is 13.0 Å². The van der Waals surface area contributed by atoms with E-state index < -0.39 is 5.82 Å². The minimum absolute atomic E-state index is 0.374. The summed E-state index contributed by atoms with van der Waals surface area (Å²) >= 11 is 0. The first-order valence-corrected chi connectivity index (χ1v) is 7.99. The third-order valence-corrected chi connectivity index (χ3v) is 4.46. The Morgan fingerprint density at radius 2 is 2.04 bits per heavy atom. The summed E-state index contributed by atoms with van der Waals surface area (Å²) in [5, 5.41) is 7.67. The first kappa shape index (κ1) is 15.4. The van der Waals surface area contributed by atoms with Crippen LogP contribution in [-0.2, 0) is 16.0 Å². The van der Waals surface area contributed by atoms with Gasteiger partial charge in [0.05, 0.1) is 38.8 Å². The predicted molar refractivity (Wildman–Crippen MR) is 81.8 cm³/mol. The monoisotopic (exact) mass is 334 g/mol. The van der Waals surface area contributed by atoms with Gasteiger partial charge in [-0.15, -0.1) is 10.2 Å². The summed E-state index contributed by atoms with van der Waals surface area (Å²) in [5.74, 6) is 0.441. The molecule has 128 valence electrons. The smallest absolute Gasteiger partial charge is 0.225 e. The van der Waals surface area contributed by atoms with Crippen molar-refractivity contribution in [2.75, 3.05) is 37.8 Å². The van der Waals surface area contributed by atoms with Crippen molar-refractivity contribution in [3.8, 4) is 0 Å². The van der Waals surface area contributed by atoms with Crippen molar-refractivity contribution in [3.63, 3.8) is 0 Å². The lowest BCUT2D eigenvalue weighted by Crippen LogP contribution is -2.44. The normalized spacial score (nSPS) is 27.5.